The molecule has 0 heterocycles. The summed E-state index contributed by atoms with van der Waals surface area (Å²) in [5, 5.41) is 0. The van der Waals surface area contributed by atoms with Crippen LogP contribution in [0, 0.1) is 11.9 Å². The number of unbranched alkanes of at least 4 members (excludes halogenated alkanes) is 1. The van der Waals surface area contributed by atoms with Gasteiger partial charge < -0.3 is 5.73 Å². The second kappa shape index (κ2) is 7.64. The van der Waals surface area contributed by atoms with Gasteiger partial charge in [-0.05, 0) is 25.5 Å². The molecule has 0 atom stereocenters. The molecule has 1 amide bonds. The van der Waals surface area contributed by atoms with E-state index in [9.17, 15) is 17.6 Å². The Hall–Kier alpha value is -1.54. The van der Waals surface area contributed by atoms with Crippen LogP contribution in [0.25, 0.3) is 0 Å². The quantitative estimate of drug-likeness (QED) is 0.766. The lowest BCUT2D eigenvalue weighted by molar-refractivity contribution is -0.117. The first-order chi connectivity index (χ1) is 10.2. The number of hydrogen-bond donors (Lipinski definition) is 1. The molecule has 0 aromatic heterocycles. The molecular formula is C14H18FN2O3S2. The molecule has 1 rings (SSSR count). The van der Waals surface area contributed by atoms with Crippen molar-refractivity contribution < 1.29 is 17.6 Å². The van der Waals surface area contributed by atoms with Gasteiger partial charge in [0.15, 0.2) is 0 Å². The predicted molar refractivity (Wildman–Crippen MR) is 87.6 cm³/mol. The van der Waals surface area contributed by atoms with Crippen LogP contribution in [0.2, 0.25) is 0 Å². The topological polar surface area (TPSA) is 80.5 Å². The summed E-state index contributed by atoms with van der Waals surface area (Å²) in [5.74, 6) is -1.61. The average molecular weight is 345 g/mol. The van der Waals surface area contributed by atoms with Crippen LogP contribution < -0.4 is 10.0 Å². The molecular weight excluding hydrogens is 327 g/mol. The van der Waals surface area contributed by atoms with Crippen molar-refractivity contribution in [2.75, 3.05) is 10.1 Å². The Morgan fingerprint density at radius 3 is 2.59 bits per heavy atom. The molecule has 1 radical (unpaired) electrons. The van der Waals surface area contributed by atoms with Crippen molar-refractivity contribution in [3.05, 3.63) is 29.6 Å². The maximum absolute atomic E-state index is 13.3. The smallest absolute Gasteiger partial charge is 0.241 e. The monoisotopic (exact) mass is 345 g/mol. The van der Waals surface area contributed by atoms with E-state index in [4.69, 9.17) is 18.0 Å². The first-order valence-corrected chi connectivity index (χ1v) is 8.83. The molecule has 0 bridgehead atoms. The molecule has 5 nitrogen and oxygen atoms in total. The second-order valence-corrected chi connectivity index (χ2v) is 7.15. The predicted octanol–water partition coefficient (Wildman–Crippen LogP) is 2.13. The lowest BCUT2D eigenvalue weighted by atomic mass is 10.1. The number of rotatable bonds is 7. The van der Waals surface area contributed by atoms with E-state index in [0.29, 0.717) is 10.7 Å². The Balaban J connectivity index is 3.46. The van der Waals surface area contributed by atoms with Crippen LogP contribution in [-0.4, -0.2) is 25.1 Å². The second-order valence-electron chi connectivity index (χ2n) is 4.61. The van der Waals surface area contributed by atoms with Gasteiger partial charge in [0.1, 0.15) is 10.8 Å². The Bertz CT molecular complexity index is 675. The van der Waals surface area contributed by atoms with Gasteiger partial charge in [-0.2, -0.15) is 0 Å². The molecule has 121 valence electrons. The number of benzene rings is 1. The number of anilines is 1. The molecule has 1 aromatic carbocycles. The van der Waals surface area contributed by atoms with E-state index in [-0.39, 0.29) is 28.4 Å². The highest BCUT2D eigenvalue weighted by atomic mass is 32.2. The SMILES string of the molecule is CCCCC(=O)N(c1c[c]c(F)cc1C(N)=S)S(=O)(=O)CC. The van der Waals surface area contributed by atoms with Crippen LogP contribution in [0.5, 0.6) is 0 Å². The largest absolute Gasteiger partial charge is 0.389 e. The summed E-state index contributed by atoms with van der Waals surface area (Å²) in [6.45, 7) is 3.31. The molecule has 0 spiro atoms. The number of carbonyl (C=O) groups is 1. The minimum Gasteiger partial charge on any atom is -0.389 e. The lowest BCUT2D eigenvalue weighted by Gasteiger charge is -2.24. The van der Waals surface area contributed by atoms with Crippen molar-refractivity contribution in [3.63, 3.8) is 0 Å². The Labute approximate surface area is 135 Å². The van der Waals surface area contributed by atoms with E-state index in [0.717, 1.165) is 18.6 Å². The van der Waals surface area contributed by atoms with Crippen LogP contribution in [-0.2, 0) is 14.8 Å². The van der Waals surface area contributed by atoms with Gasteiger partial charge in [-0.15, -0.1) is 0 Å². The number of sulfonamides is 1. The van der Waals surface area contributed by atoms with E-state index in [1.807, 2.05) is 6.92 Å². The van der Waals surface area contributed by atoms with Crippen molar-refractivity contribution in [2.24, 2.45) is 5.73 Å². The van der Waals surface area contributed by atoms with Gasteiger partial charge in [-0.3, -0.25) is 4.79 Å². The van der Waals surface area contributed by atoms with E-state index < -0.39 is 21.7 Å². The summed E-state index contributed by atoms with van der Waals surface area (Å²) in [4.78, 5) is 12.1. The van der Waals surface area contributed by atoms with Crippen molar-refractivity contribution in [2.45, 2.75) is 33.1 Å². The number of thiocarbonyl (C=S) groups is 1. The molecule has 22 heavy (non-hydrogen) atoms. The fraction of sp³-hybridized carbons (Fsp3) is 0.429. The van der Waals surface area contributed by atoms with E-state index in [1.165, 1.54) is 6.92 Å². The first-order valence-electron chi connectivity index (χ1n) is 6.81. The molecule has 0 aliphatic carbocycles. The van der Waals surface area contributed by atoms with Gasteiger partial charge >= 0.3 is 0 Å². The molecule has 0 saturated carbocycles. The van der Waals surface area contributed by atoms with Crippen LogP contribution >= 0.6 is 12.2 Å². The van der Waals surface area contributed by atoms with Crippen molar-refractivity contribution >= 4 is 38.8 Å². The summed E-state index contributed by atoms with van der Waals surface area (Å²) in [6.07, 6.45) is 1.34. The van der Waals surface area contributed by atoms with E-state index in [2.05, 4.69) is 6.07 Å². The lowest BCUT2D eigenvalue weighted by Crippen LogP contribution is -2.39. The van der Waals surface area contributed by atoms with Gasteiger partial charge in [0.05, 0.1) is 11.4 Å². The minimum atomic E-state index is -3.89. The van der Waals surface area contributed by atoms with Gasteiger partial charge in [-0.1, -0.05) is 25.6 Å². The third-order valence-electron chi connectivity index (χ3n) is 2.99. The highest BCUT2D eigenvalue weighted by Crippen LogP contribution is 2.26. The van der Waals surface area contributed by atoms with Crippen LogP contribution in [0.1, 0.15) is 38.7 Å². The fourth-order valence-corrected chi connectivity index (χ4v) is 3.09. The minimum absolute atomic E-state index is 0.00637. The summed E-state index contributed by atoms with van der Waals surface area (Å²) in [6, 6.07) is 4.30. The molecule has 1 aromatic rings. The third-order valence-corrected chi connectivity index (χ3v) is 4.90. The Morgan fingerprint density at radius 1 is 1.45 bits per heavy atom. The molecule has 0 aliphatic heterocycles. The zero-order valence-corrected chi connectivity index (χ0v) is 14.1. The highest BCUT2D eigenvalue weighted by molar-refractivity contribution is 7.93. The Kier molecular flexibility index (Phi) is 6.43. The highest BCUT2D eigenvalue weighted by Gasteiger charge is 2.29. The number of nitrogens with two attached hydrogens (primary N) is 1. The average Bonchev–Trinajstić information content (AvgIpc) is 2.46. The third kappa shape index (κ3) is 4.23. The summed E-state index contributed by atoms with van der Waals surface area (Å²) >= 11 is 4.83. The normalized spacial score (nSPS) is 11.2. The standard InChI is InChI=1S/C14H18FN2O3S2/c1-3-5-6-13(18)17(22(19,20)4-2)12-8-7-10(15)9-11(12)14(16)21/h8-9H,3-6H2,1-2H3,(H2,16,21). The molecule has 0 unspecified atom stereocenters. The number of halogens is 1. The van der Waals surface area contributed by atoms with Crippen molar-refractivity contribution in [1.82, 2.24) is 0 Å². The molecule has 8 heteroatoms. The molecule has 0 aliphatic rings. The van der Waals surface area contributed by atoms with Crippen molar-refractivity contribution in [1.29, 1.82) is 0 Å². The molecule has 2 N–H and O–H groups in total. The maximum atomic E-state index is 13.3. The van der Waals surface area contributed by atoms with Crippen LogP contribution in [0.15, 0.2) is 12.1 Å². The molecule has 0 fully saturated rings. The number of hydrogen-bond acceptors (Lipinski definition) is 4. The van der Waals surface area contributed by atoms with Crippen LogP contribution in [0.3, 0.4) is 0 Å². The summed E-state index contributed by atoms with van der Waals surface area (Å²) in [5.41, 5.74) is 5.46. The Morgan fingerprint density at radius 2 is 2.09 bits per heavy atom. The number of nitrogens with zero attached hydrogens (tertiary/aromatic N) is 1. The zero-order valence-electron chi connectivity index (χ0n) is 12.4. The zero-order chi connectivity index (χ0) is 16.9. The van der Waals surface area contributed by atoms with Gasteiger partial charge in [0.2, 0.25) is 15.9 Å². The van der Waals surface area contributed by atoms with Crippen LogP contribution in [0.4, 0.5) is 10.1 Å². The fourth-order valence-electron chi connectivity index (χ4n) is 1.82. The molecule has 0 saturated heterocycles. The van der Waals surface area contributed by atoms with Gasteiger partial charge in [-0.25, -0.2) is 17.1 Å². The number of carbonyl (C=O) groups excluding carboxylic acids is 1. The van der Waals surface area contributed by atoms with E-state index >= 15 is 0 Å². The first kappa shape index (κ1) is 18.5. The summed E-state index contributed by atoms with van der Waals surface area (Å²) in [7, 11) is -3.89. The van der Waals surface area contributed by atoms with E-state index in [1.54, 1.807) is 0 Å². The maximum Gasteiger partial charge on any atom is 0.241 e. The number of amides is 1. The van der Waals surface area contributed by atoms with Gasteiger partial charge in [0, 0.05) is 18.1 Å². The van der Waals surface area contributed by atoms with Gasteiger partial charge in [0.25, 0.3) is 0 Å². The van der Waals surface area contributed by atoms with Crippen molar-refractivity contribution in [3.8, 4) is 0 Å². The summed E-state index contributed by atoms with van der Waals surface area (Å²) < 4.78 is 38.5.